The number of aromatic nitrogens is 4. The van der Waals surface area contributed by atoms with E-state index in [1.54, 1.807) is 23.3 Å². The molecular formula is C24H19N5O3S4. The molecule has 3 aromatic heterocycles. The summed E-state index contributed by atoms with van der Waals surface area (Å²) in [7, 11) is 1.59. The van der Waals surface area contributed by atoms with Crippen LogP contribution in [0.25, 0.3) is 21.7 Å². The van der Waals surface area contributed by atoms with Crippen LogP contribution in [0.1, 0.15) is 5.56 Å². The molecule has 36 heavy (non-hydrogen) atoms. The minimum Gasteiger partial charge on any atom is -0.497 e. The fraction of sp³-hybridized carbons (Fsp3) is 0.125. The molecule has 1 N–H and O–H groups in total. The third-order valence-corrected chi connectivity index (χ3v) is 8.17. The third kappa shape index (κ3) is 4.85. The van der Waals surface area contributed by atoms with E-state index in [4.69, 9.17) is 21.9 Å². The molecule has 0 spiro atoms. The maximum Gasteiger partial charge on any atom is 0.278 e. The average Bonchev–Trinajstić information content (AvgIpc) is 3.51. The van der Waals surface area contributed by atoms with Crippen molar-refractivity contribution < 1.29 is 9.53 Å². The van der Waals surface area contributed by atoms with E-state index >= 15 is 0 Å². The predicted octanol–water partition coefficient (Wildman–Crippen LogP) is 5.47. The van der Waals surface area contributed by atoms with Gasteiger partial charge in [-0.2, -0.15) is 0 Å². The highest BCUT2D eigenvalue weighted by Crippen LogP contribution is 2.29. The lowest BCUT2D eigenvalue weighted by atomic mass is 10.2. The number of benzene rings is 2. The molecule has 0 saturated carbocycles. The maximum atomic E-state index is 13.8. The molecule has 5 aromatic rings. The lowest BCUT2D eigenvalue weighted by Crippen LogP contribution is -2.22. The molecule has 0 aliphatic heterocycles. The molecule has 0 aliphatic rings. The van der Waals surface area contributed by atoms with E-state index in [-0.39, 0.29) is 17.2 Å². The zero-order valence-corrected chi connectivity index (χ0v) is 22.4. The van der Waals surface area contributed by atoms with Crippen molar-refractivity contribution in [2.24, 2.45) is 0 Å². The van der Waals surface area contributed by atoms with Gasteiger partial charge in [0.1, 0.15) is 10.4 Å². The summed E-state index contributed by atoms with van der Waals surface area (Å²) in [6.07, 6.45) is 1.62. The van der Waals surface area contributed by atoms with Gasteiger partial charge >= 0.3 is 0 Å². The van der Waals surface area contributed by atoms with Crippen LogP contribution in [0.15, 0.2) is 70.1 Å². The van der Waals surface area contributed by atoms with E-state index < -0.39 is 0 Å². The summed E-state index contributed by atoms with van der Waals surface area (Å²) in [6.45, 7) is 1.98. The summed E-state index contributed by atoms with van der Waals surface area (Å²) < 4.78 is 9.58. The number of aryl methyl sites for hydroxylation is 1. The summed E-state index contributed by atoms with van der Waals surface area (Å²) >= 11 is 9.36. The molecule has 0 bridgehead atoms. The second-order valence-corrected chi connectivity index (χ2v) is 11.1. The first kappa shape index (κ1) is 24.4. The van der Waals surface area contributed by atoms with Crippen LogP contribution >= 0.6 is 46.7 Å². The van der Waals surface area contributed by atoms with Gasteiger partial charge < -0.3 is 10.1 Å². The Kier molecular flexibility index (Phi) is 7.01. The van der Waals surface area contributed by atoms with Crippen LogP contribution in [0.4, 0.5) is 5.13 Å². The predicted molar refractivity (Wildman–Crippen MR) is 148 cm³/mol. The van der Waals surface area contributed by atoms with Crippen molar-refractivity contribution in [2.45, 2.75) is 12.1 Å². The largest absolute Gasteiger partial charge is 0.497 e. The lowest BCUT2D eigenvalue weighted by Gasteiger charge is -2.13. The molecule has 0 atom stereocenters. The number of methoxy groups -OCH3 is 1. The first-order valence-electron chi connectivity index (χ1n) is 10.7. The zero-order chi connectivity index (χ0) is 25.2. The van der Waals surface area contributed by atoms with E-state index in [9.17, 15) is 9.59 Å². The molecule has 0 unspecified atom stereocenters. The van der Waals surface area contributed by atoms with Crippen LogP contribution in [0.5, 0.6) is 5.75 Å². The fourth-order valence-electron chi connectivity index (χ4n) is 3.50. The highest BCUT2D eigenvalue weighted by Gasteiger charge is 2.20. The fourth-order valence-corrected chi connectivity index (χ4v) is 6.15. The highest BCUT2D eigenvalue weighted by molar-refractivity contribution is 7.99. The first-order chi connectivity index (χ1) is 17.4. The zero-order valence-electron chi connectivity index (χ0n) is 19.1. The molecule has 5 rings (SSSR count). The number of nitrogens with one attached hydrogen (secondary N) is 1. The minimum atomic E-state index is -0.246. The van der Waals surface area contributed by atoms with E-state index in [0.29, 0.717) is 36.0 Å². The van der Waals surface area contributed by atoms with Gasteiger partial charge in [0, 0.05) is 17.6 Å². The monoisotopic (exact) mass is 553 g/mol. The molecule has 0 aliphatic carbocycles. The molecule has 0 radical (unpaired) electrons. The summed E-state index contributed by atoms with van der Waals surface area (Å²) in [5, 5.41) is 5.45. The van der Waals surface area contributed by atoms with Crippen LogP contribution in [0, 0.1) is 10.9 Å². The average molecular weight is 554 g/mol. The van der Waals surface area contributed by atoms with Gasteiger partial charge in [-0.05, 0) is 43.4 Å². The number of amides is 1. The van der Waals surface area contributed by atoms with E-state index in [0.717, 1.165) is 11.3 Å². The van der Waals surface area contributed by atoms with Gasteiger partial charge in [-0.3, -0.25) is 18.7 Å². The standard InChI is InChI=1S/C24H19N5O3S4/c1-14-6-8-15(9-7-14)29-21(31)19-20(27-23(29)35-13-18(30)26-22-25-10-11-34-22)28(24(33)36-19)16-4-3-5-17(12-16)32-2/h3-12H,13H2,1-2H3,(H,25,26,30). The van der Waals surface area contributed by atoms with E-state index in [1.807, 2.05) is 55.5 Å². The van der Waals surface area contributed by atoms with Gasteiger partial charge in [-0.25, -0.2) is 9.97 Å². The van der Waals surface area contributed by atoms with E-state index in [1.165, 1.54) is 39.0 Å². The van der Waals surface area contributed by atoms with Crippen molar-refractivity contribution in [3.05, 3.63) is 80.0 Å². The second kappa shape index (κ2) is 10.3. The van der Waals surface area contributed by atoms with Gasteiger partial charge in [-0.1, -0.05) is 46.9 Å². The lowest BCUT2D eigenvalue weighted by molar-refractivity contribution is -0.113. The maximum absolute atomic E-state index is 13.8. The molecule has 0 fully saturated rings. The highest BCUT2D eigenvalue weighted by atomic mass is 32.2. The van der Waals surface area contributed by atoms with Crippen LogP contribution < -0.4 is 15.6 Å². The number of hydrogen-bond acceptors (Lipinski definition) is 9. The number of carbonyl (C=O) groups excluding carboxylic acids is 1. The summed E-state index contributed by atoms with van der Waals surface area (Å²) in [5.41, 5.74) is 2.66. The third-order valence-electron chi connectivity index (χ3n) is 5.19. The molecule has 182 valence electrons. The normalized spacial score (nSPS) is 11.1. The Morgan fingerprint density at radius 3 is 2.69 bits per heavy atom. The Balaban J connectivity index is 1.64. The number of rotatable bonds is 7. The van der Waals surface area contributed by atoms with Crippen molar-refractivity contribution in [3.63, 3.8) is 0 Å². The van der Waals surface area contributed by atoms with Crippen LogP contribution in [0.3, 0.4) is 0 Å². The molecule has 2 aromatic carbocycles. The number of thioether (sulfide) groups is 1. The molecule has 1 amide bonds. The Morgan fingerprint density at radius 2 is 1.97 bits per heavy atom. The Bertz CT molecular complexity index is 1670. The smallest absolute Gasteiger partial charge is 0.278 e. The van der Waals surface area contributed by atoms with Crippen LogP contribution in [0.2, 0.25) is 0 Å². The quantitative estimate of drug-likeness (QED) is 0.162. The Morgan fingerprint density at radius 1 is 1.17 bits per heavy atom. The van der Waals surface area contributed by atoms with Crippen LogP contribution in [-0.2, 0) is 4.79 Å². The van der Waals surface area contributed by atoms with Gasteiger partial charge in [0.25, 0.3) is 5.56 Å². The number of nitrogens with zero attached hydrogens (tertiary/aromatic N) is 4. The van der Waals surface area contributed by atoms with Crippen molar-refractivity contribution >= 4 is 68.0 Å². The SMILES string of the molecule is COc1cccc(-n2c(=S)sc3c(=O)n(-c4ccc(C)cc4)c(SCC(=O)Nc4nccs4)nc32)c1. The molecule has 8 nitrogen and oxygen atoms in total. The van der Waals surface area contributed by atoms with Crippen LogP contribution in [-0.4, -0.2) is 37.9 Å². The van der Waals surface area contributed by atoms with Gasteiger partial charge in [0.15, 0.2) is 19.9 Å². The van der Waals surface area contributed by atoms with Crippen molar-refractivity contribution in [1.82, 2.24) is 19.1 Å². The number of carbonyl (C=O) groups is 1. The summed E-state index contributed by atoms with van der Waals surface area (Å²) in [5.74, 6) is 0.470. The van der Waals surface area contributed by atoms with E-state index in [2.05, 4.69) is 10.3 Å². The van der Waals surface area contributed by atoms with Gasteiger partial charge in [-0.15, -0.1) is 11.3 Å². The number of ether oxygens (including phenoxy) is 1. The summed E-state index contributed by atoms with van der Waals surface area (Å²) in [4.78, 5) is 35.3. The second-order valence-electron chi connectivity index (χ2n) is 7.60. The van der Waals surface area contributed by atoms with Crippen molar-refractivity contribution in [3.8, 4) is 17.1 Å². The first-order valence-corrected chi connectivity index (χ1v) is 13.8. The molecule has 0 saturated heterocycles. The Labute approximate surface area is 223 Å². The molecule has 12 heteroatoms. The Hall–Kier alpha value is -3.32. The minimum absolute atomic E-state index is 0.0490. The van der Waals surface area contributed by atoms with Gasteiger partial charge in [0.2, 0.25) is 5.91 Å². The number of fused-ring (bicyclic) bond motifs is 1. The van der Waals surface area contributed by atoms with Crippen molar-refractivity contribution in [1.29, 1.82) is 0 Å². The topological polar surface area (TPSA) is 91.0 Å². The van der Waals surface area contributed by atoms with Gasteiger partial charge in [0.05, 0.1) is 24.2 Å². The van der Waals surface area contributed by atoms with Crippen molar-refractivity contribution in [2.75, 3.05) is 18.2 Å². The summed E-state index contributed by atoms with van der Waals surface area (Å²) in [6, 6.07) is 15.0. The number of hydrogen-bond donors (Lipinski definition) is 1. The number of anilines is 1. The molecular weight excluding hydrogens is 535 g/mol. The number of thiazole rings is 2. The molecule has 3 heterocycles.